The Morgan fingerprint density at radius 1 is 1.32 bits per heavy atom. The summed E-state index contributed by atoms with van der Waals surface area (Å²) in [5.74, 6) is 0. The van der Waals surface area contributed by atoms with Crippen LogP contribution in [0.3, 0.4) is 0 Å². The first-order valence-corrected chi connectivity index (χ1v) is 8.12. The number of halogens is 1. The lowest BCUT2D eigenvalue weighted by Gasteiger charge is -2.27. The summed E-state index contributed by atoms with van der Waals surface area (Å²) in [7, 11) is 0. The second kappa shape index (κ2) is 6.76. The number of hydrogen-bond acceptors (Lipinski definition) is 2. The Labute approximate surface area is 125 Å². The summed E-state index contributed by atoms with van der Waals surface area (Å²) >= 11 is 3.62. The highest BCUT2D eigenvalue weighted by Gasteiger charge is 2.15. The third-order valence-electron chi connectivity index (χ3n) is 3.90. The first-order valence-electron chi connectivity index (χ1n) is 7.33. The van der Waals surface area contributed by atoms with E-state index in [-0.39, 0.29) is 0 Å². The maximum absolute atomic E-state index is 3.64. The van der Waals surface area contributed by atoms with Crippen molar-refractivity contribution in [3.8, 4) is 0 Å². The molecule has 2 unspecified atom stereocenters. The Bertz CT molecular complexity index is 402. The molecular weight excluding hydrogens is 300 g/mol. The Kier molecular flexibility index (Phi) is 5.28. The molecule has 106 valence electrons. The van der Waals surface area contributed by atoms with E-state index < -0.39 is 0 Å². The number of anilines is 1. The fraction of sp³-hybridized carbons (Fsp3) is 0.625. The Hall–Kier alpha value is -0.540. The fourth-order valence-electron chi connectivity index (χ4n) is 2.92. The monoisotopic (exact) mass is 324 g/mol. The Morgan fingerprint density at radius 3 is 2.58 bits per heavy atom. The molecule has 1 aliphatic rings. The maximum Gasteiger partial charge on any atom is 0.0348 e. The Morgan fingerprint density at radius 2 is 2.00 bits per heavy atom. The molecule has 0 aliphatic carbocycles. The molecule has 2 nitrogen and oxygen atoms in total. The van der Waals surface area contributed by atoms with Gasteiger partial charge < -0.3 is 10.6 Å². The van der Waals surface area contributed by atoms with E-state index >= 15 is 0 Å². The third kappa shape index (κ3) is 4.22. The minimum absolute atomic E-state index is 0.510. The van der Waals surface area contributed by atoms with Crippen LogP contribution in [-0.4, -0.2) is 18.6 Å². The molecule has 2 N–H and O–H groups in total. The van der Waals surface area contributed by atoms with Crippen LogP contribution in [0.2, 0.25) is 0 Å². The van der Waals surface area contributed by atoms with Crippen LogP contribution in [-0.2, 0) is 0 Å². The molecule has 3 heteroatoms. The van der Waals surface area contributed by atoms with E-state index in [0.717, 1.165) is 0 Å². The third-order valence-corrected chi connectivity index (χ3v) is 5.15. The number of benzene rings is 1. The summed E-state index contributed by atoms with van der Waals surface area (Å²) in [6.07, 6.45) is 5.24. The summed E-state index contributed by atoms with van der Waals surface area (Å²) in [4.78, 5) is 0. The molecule has 0 bridgehead atoms. The highest BCUT2D eigenvalue weighted by atomic mass is 79.9. The predicted octanol–water partition coefficient (Wildman–Crippen LogP) is 4.40. The molecule has 0 saturated carbocycles. The van der Waals surface area contributed by atoms with Gasteiger partial charge in [0.25, 0.3) is 0 Å². The fourth-order valence-corrected chi connectivity index (χ4v) is 3.15. The van der Waals surface area contributed by atoms with Gasteiger partial charge in [0.05, 0.1) is 0 Å². The molecule has 1 saturated heterocycles. The van der Waals surface area contributed by atoms with Gasteiger partial charge in [0, 0.05) is 22.2 Å². The van der Waals surface area contributed by atoms with Gasteiger partial charge in [-0.1, -0.05) is 22.4 Å². The molecule has 19 heavy (non-hydrogen) atoms. The van der Waals surface area contributed by atoms with E-state index in [1.54, 1.807) is 0 Å². The molecular formula is C16H25BrN2. The lowest BCUT2D eigenvalue weighted by atomic mass is 9.98. The molecule has 1 heterocycles. The van der Waals surface area contributed by atoms with Gasteiger partial charge >= 0.3 is 0 Å². The largest absolute Gasteiger partial charge is 0.383 e. The zero-order chi connectivity index (χ0) is 13.8. The van der Waals surface area contributed by atoms with Crippen molar-refractivity contribution in [3.63, 3.8) is 0 Å². The van der Waals surface area contributed by atoms with E-state index in [0.29, 0.717) is 12.1 Å². The molecule has 0 aromatic heterocycles. The molecule has 0 radical (unpaired) electrons. The quantitative estimate of drug-likeness (QED) is 0.857. The molecule has 0 amide bonds. The summed E-state index contributed by atoms with van der Waals surface area (Å²) in [6, 6.07) is 5.65. The second-order valence-corrected chi connectivity index (χ2v) is 6.64. The molecule has 1 aliphatic heterocycles. The van der Waals surface area contributed by atoms with Crippen LogP contribution in [0, 0.1) is 13.8 Å². The average molecular weight is 325 g/mol. The van der Waals surface area contributed by atoms with Crippen molar-refractivity contribution >= 4 is 21.6 Å². The van der Waals surface area contributed by atoms with Crippen LogP contribution in [0.15, 0.2) is 16.6 Å². The topological polar surface area (TPSA) is 24.1 Å². The van der Waals surface area contributed by atoms with Crippen molar-refractivity contribution in [1.82, 2.24) is 5.32 Å². The van der Waals surface area contributed by atoms with Crippen LogP contribution < -0.4 is 10.6 Å². The van der Waals surface area contributed by atoms with Gasteiger partial charge in [-0.2, -0.15) is 0 Å². The van der Waals surface area contributed by atoms with Gasteiger partial charge in [-0.05, 0) is 69.8 Å². The predicted molar refractivity (Wildman–Crippen MR) is 87.0 cm³/mol. The first-order chi connectivity index (χ1) is 9.06. The van der Waals surface area contributed by atoms with Crippen molar-refractivity contribution in [2.45, 2.75) is 58.5 Å². The number of rotatable bonds is 4. The van der Waals surface area contributed by atoms with Crippen LogP contribution in [0.1, 0.15) is 43.7 Å². The smallest absolute Gasteiger partial charge is 0.0348 e. The zero-order valence-corrected chi connectivity index (χ0v) is 13.8. The van der Waals surface area contributed by atoms with Crippen molar-refractivity contribution < 1.29 is 0 Å². The van der Waals surface area contributed by atoms with E-state index in [2.05, 4.69) is 59.5 Å². The van der Waals surface area contributed by atoms with Crippen molar-refractivity contribution in [2.24, 2.45) is 0 Å². The minimum atomic E-state index is 0.510. The number of aryl methyl sites for hydroxylation is 2. The summed E-state index contributed by atoms with van der Waals surface area (Å²) in [5.41, 5.74) is 3.83. The number of nitrogens with one attached hydrogen (secondary N) is 2. The van der Waals surface area contributed by atoms with Crippen LogP contribution in [0.4, 0.5) is 5.69 Å². The van der Waals surface area contributed by atoms with Crippen molar-refractivity contribution in [2.75, 3.05) is 11.9 Å². The van der Waals surface area contributed by atoms with Gasteiger partial charge in [0.2, 0.25) is 0 Å². The normalized spacial score (nSPS) is 21.2. The maximum atomic E-state index is 3.64. The molecule has 2 rings (SSSR count). The van der Waals surface area contributed by atoms with Crippen molar-refractivity contribution in [3.05, 3.63) is 27.7 Å². The average Bonchev–Trinajstić information content (AvgIpc) is 2.37. The minimum Gasteiger partial charge on any atom is -0.383 e. The van der Waals surface area contributed by atoms with Gasteiger partial charge in [-0.3, -0.25) is 0 Å². The van der Waals surface area contributed by atoms with Gasteiger partial charge in [-0.25, -0.2) is 0 Å². The van der Waals surface area contributed by atoms with Crippen LogP contribution in [0.25, 0.3) is 0 Å². The van der Waals surface area contributed by atoms with Gasteiger partial charge in [-0.15, -0.1) is 0 Å². The van der Waals surface area contributed by atoms with E-state index in [1.807, 2.05) is 0 Å². The van der Waals surface area contributed by atoms with Crippen LogP contribution >= 0.6 is 15.9 Å². The molecule has 2 atom stereocenters. The standard InChI is InChI=1S/C16H25BrN2/c1-11-8-15(9-12(2)16(11)17)19-13(3)10-14-6-4-5-7-18-14/h8-9,13-14,18-19H,4-7,10H2,1-3H3. The Balaban J connectivity index is 1.92. The number of hydrogen-bond donors (Lipinski definition) is 2. The lowest BCUT2D eigenvalue weighted by molar-refractivity contribution is 0.371. The molecule has 1 fully saturated rings. The summed E-state index contributed by atoms with van der Waals surface area (Å²) in [5, 5.41) is 7.26. The zero-order valence-electron chi connectivity index (χ0n) is 12.2. The van der Waals surface area contributed by atoms with E-state index in [4.69, 9.17) is 0 Å². The van der Waals surface area contributed by atoms with Crippen LogP contribution in [0.5, 0.6) is 0 Å². The van der Waals surface area contributed by atoms with Crippen molar-refractivity contribution in [1.29, 1.82) is 0 Å². The van der Waals surface area contributed by atoms with Gasteiger partial charge in [0.15, 0.2) is 0 Å². The van der Waals surface area contributed by atoms with E-state index in [1.165, 1.54) is 53.5 Å². The summed E-state index contributed by atoms with van der Waals surface area (Å²) in [6.45, 7) is 7.77. The highest BCUT2D eigenvalue weighted by Crippen LogP contribution is 2.26. The highest BCUT2D eigenvalue weighted by molar-refractivity contribution is 9.10. The van der Waals surface area contributed by atoms with Gasteiger partial charge in [0.1, 0.15) is 0 Å². The molecule has 1 aromatic carbocycles. The van der Waals surface area contributed by atoms with E-state index in [9.17, 15) is 0 Å². The molecule has 1 aromatic rings. The second-order valence-electron chi connectivity index (χ2n) is 5.85. The summed E-state index contributed by atoms with van der Waals surface area (Å²) < 4.78 is 1.22. The lowest BCUT2D eigenvalue weighted by Crippen LogP contribution is -2.37. The molecule has 0 spiro atoms. The SMILES string of the molecule is Cc1cc(NC(C)CC2CCCCN2)cc(C)c1Br. The number of piperidine rings is 1. The first kappa shape index (κ1) is 14.9.